The predicted molar refractivity (Wildman–Crippen MR) is 76.8 cm³/mol. The van der Waals surface area contributed by atoms with Crippen molar-refractivity contribution in [1.82, 2.24) is 15.1 Å². The number of nitrogens with two attached hydrogens (primary N) is 1. The van der Waals surface area contributed by atoms with Crippen LogP contribution in [0.4, 0.5) is 0 Å². The highest BCUT2D eigenvalue weighted by Crippen LogP contribution is 2.22. The molecular formula is C13H18N4OS. The lowest BCUT2D eigenvalue weighted by Crippen LogP contribution is -2.11. The van der Waals surface area contributed by atoms with E-state index in [9.17, 15) is 0 Å². The molecule has 0 aliphatic carbocycles. The van der Waals surface area contributed by atoms with Gasteiger partial charge in [0.05, 0.1) is 6.04 Å². The van der Waals surface area contributed by atoms with Crippen LogP contribution in [0, 0.1) is 0 Å². The molecule has 0 fully saturated rings. The van der Waals surface area contributed by atoms with Crippen molar-refractivity contribution in [3.05, 3.63) is 29.9 Å². The Morgan fingerprint density at radius 3 is 3.05 bits per heavy atom. The van der Waals surface area contributed by atoms with E-state index >= 15 is 0 Å². The van der Waals surface area contributed by atoms with Gasteiger partial charge >= 0.3 is 0 Å². The minimum atomic E-state index is -0.194. The van der Waals surface area contributed by atoms with Crippen LogP contribution in [0.2, 0.25) is 0 Å². The molecule has 0 spiro atoms. The van der Waals surface area contributed by atoms with Gasteiger partial charge in [-0.1, -0.05) is 12.1 Å². The van der Waals surface area contributed by atoms with Crippen molar-refractivity contribution in [3.63, 3.8) is 0 Å². The summed E-state index contributed by atoms with van der Waals surface area (Å²) in [5.74, 6) is 2.07. The zero-order valence-electron chi connectivity index (χ0n) is 11.2. The van der Waals surface area contributed by atoms with E-state index in [-0.39, 0.29) is 6.04 Å². The molecule has 0 aromatic carbocycles. The maximum Gasteiger partial charge on any atom is 0.243 e. The third-order valence-corrected chi connectivity index (χ3v) is 3.56. The molecule has 0 saturated heterocycles. The lowest BCUT2D eigenvalue weighted by molar-refractivity contribution is 0.353. The Bertz CT molecular complexity index is 529. The molecule has 0 radical (unpaired) electrons. The summed E-state index contributed by atoms with van der Waals surface area (Å²) in [4.78, 5) is 8.51. The van der Waals surface area contributed by atoms with Crippen LogP contribution in [0.3, 0.4) is 0 Å². The van der Waals surface area contributed by atoms with Crippen molar-refractivity contribution in [1.29, 1.82) is 0 Å². The van der Waals surface area contributed by atoms with Gasteiger partial charge in [-0.15, -0.1) is 0 Å². The number of rotatable bonds is 6. The van der Waals surface area contributed by atoms with Crippen LogP contribution in [-0.2, 0) is 6.42 Å². The monoisotopic (exact) mass is 278 g/mol. The lowest BCUT2D eigenvalue weighted by Gasteiger charge is -2.04. The molecule has 19 heavy (non-hydrogen) atoms. The van der Waals surface area contributed by atoms with E-state index in [1.807, 2.05) is 12.3 Å². The second-order valence-corrected chi connectivity index (χ2v) is 5.22. The van der Waals surface area contributed by atoms with Crippen LogP contribution in [0.5, 0.6) is 0 Å². The average molecular weight is 278 g/mol. The summed E-state index contributed by atoms with van der Waals surface area (Å²) in [6.45, 7) is 2.08. The third kappa shape index (κ3) is 3.33. The SMILES string of the molecule is CCc1cnccc1-c1noc([C@@H](N)CCSC)n1. The van der Waals surface area contributed by atoms with Crippen LogP contribution < -0.4 is 5.73 Å². The third-order valence-electron chi connectivity index (χ3n) is 2.92. The molecule has 2 aromatic rings. The zero-order chi connectivity index (χ0) is 13.7. The summed E-state index contributed by atoms with van der Waals surface area (Å²) >= 11 is 1.76. The first-order valence-electron chi connectivity index (χ1n) is 6.27. The molecule has 0 aliphatic heterocycles. The summed E-state index contributed by atoms with van der Waals surface area (Å²) in [5.41, 5.74) is 8.09. The lowest BCUT2D eigenvalue weighted by atomic mass is 10.1. The summed E-state index contributed by atoms with van der Waals surface area (Å²) in [6.07, 6.45) is 7.33. The fourth-order valence-corrected chi connectivity index (χ4v) is 2.28. The largest absolute Gasteiger partial charge is 0.337 e. The van der Waals surface area contributed by atoms with Gasteiger partial charge in [0.15, 0.2) is 0 Å². The Kier molecular flexibility index (Phi) is 4.93. The average Bonchev–Trinajstić information content (AvgIpc) is 2.94. The summed E-state index contributed by atoms with van der Waals surface area (Å²) in [6, 6.07) is 1.71. The number of nitrogens with zero attached hydrogens (tertiary/aromatic N) is 3. The molecule has 6 heteroatoms. The first-order chi connectivity index (χ1) is 9.26. The first kappa shape index (κ1) is 14.0. The van der Waals surface area contributed by atoms with E-state index in [1.54, 1.807) is 18.0 Å². The van der Waals surface area contributed by atoms with Gasteiger partial charge in [-0.2, -0.15) is 16.7 Å². The van der Waals surface area contributed by atoms with Gasteiger partial charge in [-0.05, 0) is 36.5 Å². The van der Waals surface area contributed by atoms with Gasteiger partial charge in [0, 0.05) is 18.0 Å². The smallest absolute Gasteiger partial charge is 0.243 e. The van der Waals surface area contributed by atoms with Crippen molar-refractivity contribution in [2.45, 2.75) is 25.8 Å². The molecule has 2 rings (SSSR count). The van der Waals surface area contributed by atoms with Gasteiger partial charge in [-0.3, -0.25) is 4.98 Å². The highest BCUT2D eigenvalue weighted by molar-refractivity contribution is 7.98. The standard InChI is InChI=1S/C13H18N4OS/c1-3-9-8-15-6-4-10(9)12-16-13(18-17-12)11(14)5-7-19-2/h4,6,8,11H,3,5,7,14H2,1-2H3/t11-/m0/s1. The van der Waals surface area contributed by atoms with E-state index in [0.29, 0.717) is 11.7 Å². The van der Waals surface area contributed by atoms with Crippen molar-refractivity contribution >= 4 is 11.8 Å². The summed E-state index contributed by atoms with van der Waals surface area (Å²) in [7, 11) is 0. The Morgan fingerprint density at radius 2 is 2.32 bits per heavy atom. The summed E-state index contributed by atoms with van der Waals surface area (Å²) in [5, 5.41) is 4.02. The van der Waals surface area contributed by atoms with E-state index in [1.165, 1.54) is 0 Å². The molecule has 0 bridgehead atoms. The van der Waals surface area contributed by atoms with Gasteiger partial charge in [0.2, 0.25) is 11.7 Å². The van der Waals surface area contributed by atoms with Gasteiger partial charge in [0.25, 0.3) is 0 Å². The maximum atomic E-state index is 6.02. The number of hydrogen-bond acceptors (Lipinski definition) is 6. The minimum absolute atomic E-state index is 0.194. The van der Waals surface area contributed by atoms with Gasteiger partial charge in [0.1, 0.15) is 0 Å². The highest BCUT2D eigenvalue weighted by Gasteiger charge is 2.16. The van der Waals surface area contributed by atoms with E-state index < -0.39 is 0 Å². The quantitative estimate of drug-likeness (QED) is 0.874. The fourth-order valence-electron chi connectivity index (χ4n) is 1.79. The molecule has 0 saturated carbocycles. The predicted octanol–water partition coefficient (Wildman–Crippen LogP) is 2.45. The fraction of sp³-hybridized carbons (Fsp3) is 0.462. The molecular weight excluding hydrogens is 260 g/mol. The van der Waals surface area contributed by atoms with Crippen molar-refractivity contribution < 1.29 is 4.52 Å². The molecule has 2 aromatic heterocycles. The van der Waals surface area contributed by atoms with Crippen LogP contribution in [0.25, 0.3) is 11.4 Å². The molecule has 1 atom stereocenters. The molecule has 2 N–H and O–H groups in total. The number of hydrogen-bond donors (Lipinski definition) is 1. The number of aryl methyl sites for hydroxylation is 1. The Labute approximate surface area is 117 Å². The van der Waals surface area contributed by atoms with E-state index in [2.05, 4.69) is 28.3 Å². The van der Waals surface area contributed by atoms with Crippen LogP contribution in [0.15, 0.2) is 23.0 Å². The number of pyridine rings is 1. The van der Waals surface area contributed by atoms with Crippen LogP contribution in [-0.4, -0.2) is 27.1 Å². The number of aromatic nitrogens is 3. The Balaban J connectivity index is 2.20. The molecule has 0 unspecified atom stereocenters. The van der Waals surface area contributed by atoms with Gasteiger partial charge in [-0.25, -0.2) is 0 Å². The van der Waals surface area contributed by atoms with Crippen molar-refractivity contribution in [2.75, 3.05) is 12.0 Å². The topological polar surface area (TPSA) is 77.8 Å². The number of thioether (sulfide) groups is 1. The zero-order valence-corrected chi connectivity index (χ0v) is 12.0. The van der Waals surface area contributed by atoms with E-state index in [0.717, 1.165) is 29.7 Å². The molecule has 5 nitrogen and oxygen atoms in total. The van der Waals surface area contributed by atoms with Gasteiger partial charge < -0.3 is 10.3 Å². The maximum absolute atomic E-state index is 6.02. The first-order valence-corrected chi connectivity index (χ1v) is 7.67. The van der Waals surface area contributed by atoms with Crippen LogP contribution in [0.1, 0.15) is 30.8 Å². The summed E-state index contributed by atoms with van der Waals surface area (Å²) < 4.78 is 5.26. The Hall–Kier alpha value is -1.40. The van der Waals surface area contributed by atoms with E-state index in [4.69, 9.17) is 10.3 Å². The van der Waals surface area contributed by atoms with Crippen molar-refractivity contribution in [2.24, 2.45) is 5.73 Å². The minimum Gasteiger partial charge on any atom is -0.337 e. The molecule has 2 heterocycles. The molecule has 0 amide bonds. The van der Waals surface area contributed by atoms with Crippen molar-refractivity contribution in [3.8, 4) is 11.4 Å². The second kappa shape index (κ2) is 6.68. The Morgan fingerprint density at radius 1 is 1.47 bits per heavy atom. The van der Waals surface area contributed by atoms with Crippen LogP contribution >= 0.6 is 11.8 Å². The highest BCUT2D eigenvalue weighted by atomic mass is 32.2. The second-order valence-electron chi connectivity index (χ2n) is 4.23. The normalized spacial score (nSPS) is 12.6. The molecule has 102 valence electrons. The molecule has 0 aliphatic rings.